The fourth-order valence-corrected chi connectivity index (χ4v) is 2.59. The Morgan fingerprint density at radius 1 is 1.29 bits per heavy atom. The highest BCUT2D eigenvalue weighted by atomic mass is 16.6. The van der Waals surface area contributed by atoms with E-state index in [1.807, 2.05) is 31.2 Å². The number of rotatable bonds is 5. The number of nitrogens with zero attached hydrogens (tertiary/aromatic N) is 3. The van der Waals surface area contributed by atoms with Crippen molar-refractivity contribution >= 4 is 22.3 Å². The van der Waals surface area contributed by atoms with Crippen LogP contribution < -0.4 is 10.1 Å². The molecule has 122 valence electrons. The summed E-state index contributed by atoms with van der Waals surface area (Å²) in [6.45, 7) is 2.30. The van der Waals surface area contributed by atoms with Gasteiger partial charge in [0.2, 0.25) is 5.88 Å². The number of hydrogen-bond donors (Lipinski definition) is 1. The number of nitro groups is 1. The minimum absolute atomic E-state index is 0.00166. The minimum atomic E-state index is -0.414. The maximum absolute atomic E-state index is 11.2. The lowest BCUT2D eigenvalue weighted by atomic mass is 10.1. The van der Waals surface area contributed by atoms with Gasteiger partial charge >= 0.3 is 0 Å². The Morgan fingerprint density at radius 2 is 2.12 bits per heavy atom. The van der Waals surface area contributed by atoms with Crippen LogP contribution in [-0.4, -0.2) is 22.0 Å². The molecule has 0 amide bonds. The van der Waals surface area contributed by atoms with Gasteiger partial charge in [0.15, 0.2) is 5.52 Å². The van der Waals surface area contributed by atoms with E-state index in [1.165, 1.54) is 6.07 Å². The van der Waals surface area contributed by atoms with E-state index in [4.69, 9.17) is 4.74 Å². The molecule has 0 aliphatic heterocycles. The summed E-state index contributed by atoms with van der Waals surface area (Å²) in [5, 5.41) is 15.2. The summed E-state index contributed by atoms with van der Waals surface area (Å²) in [6.07, 6.45) is 1.66. The molecule has 0 saturated heterocycles. The molecule has 0 saturated carbocycles. The lowest BCUT2D eigenvalue weighted by molar-refractivity contribution is -0.383. The highest BCUT2D eigenvalue weighted by molar-refractivity contribution is 5.96. The SMILES string of the molecule is COc1ncccc1CNc1cc(C)nc2c([N+](=O)[O-])cccc12. The topological polar surface area (TPSA) is 90.2 Å². The van der Waals surface area contributed by atoms with Crippen LogP contribution in [0.25, 0.3) is 10.9 Å². The lowest BCUT2D eigenvalue weighted by Gasteiger charge is -2.12. The molecule has 2 heterocycles. The molecule has 0 aliphatic carbocycles. The van der Waals surface area contributed by atoms with Crippen molar-refractivity contribution in [3.63, 3.8) is 0 Å². The van der Waals surface area contributed by atoms with Gasteiger partial charge in [-0.25, -0.2) is 9.97 Å². The van der Waals surface area contributed by atoms with Crippen molar-refractivity contribution in [2.45, 2.75) is 13.5 Å². The molecular formula is C17H16N4O3. The van der Waals surface area contributed by atoms with Gasteiger partial charge in [-0.3, -0.25) is 10.1 Å². The summed E-state index contributed by atoms with van der Waals surface area (Å²) in [7, 11) is 1.57. The molecule has 2 aromatic heterocycles. The first-order valence-corrected chi connectivity index (χ1v) is 7.36. The Kier molecular flexibility index (Phi) is 4.24. The van der Waals surface area contributed by atoms with Gasteiger partial charge < -0.3 is 10.1 Å². The lowest BCUT2D eigenvalue weighted by Crippen LogP contribution is -2.04. The van der Waals surface area contributed by atoms with Gasteiger partial charge in [-0.15, -0.1) is 0 Å². The van der Waals surface area contributed by atoms with Crippen molar-refractivity contribution in [2.75, 3.05) is 12.4 Å². The first-order chi connectivity index (χ1) is 11.6. The van der Waals surface area contributed by atoms with Crippen LogP contribution in [0.15, 0.2) is 42.6 Å². The molecule has 0 radical (unpaired) electrons. The van der Waals surface area contributed by atoms with Crippen LogP contribution in [-0.2, 0) is 6.54 Å². The van der Waals surface area contributed by atoms with Crippen LogP contribution in [0.5, 0.6) is 5.88 Å². The van der Waals surface area contributed by atoms with E-state index in [-0.39, 0.29) is 5.69 Å². The van der Waals surface area contributed by atoms with E-state index in [2.05, 4.69) is 15.3 Å². The van der Waals surface area contributed by atoms with E-state index in [1.54, 1.807) is 19.4 Å². The largest absolute Gasteiger partial charge is 0.481 e. The van der Waals surface area contributed by atoms with Crippen LogP contribution in [0.3, 0.4) is 0 Å². The standard InChI is InChI=1S/C17H16N4O3/c1-11-9-14(19-10-12-5-4-8-18-17(12)24-2)13-6-3-7-15(21(22)23)16(13)20-11/h3-9H,10H2,1-2H3,(H,19,20). The van der Waals surface area contributed by atoms with Gasteiger partial charge in [-0.2, -0.15) is 0 Å². The predicted octanol–water partition coefficient (Wildman–Crippen LogP) is 3.47. The number of benzene rings is 1. The van der Waals surface area contributed by atoms with Crippen molar-refractivity contribution in [1.29, 1.82) is 0 Å². The minimum Gasteiger partial charge on any atom is -0.481 e. The molecule has 0 unspecified atom stereocenters. The van der Waals surface area contributed by atoms with Gasteiger partial charge in [-0.05, 0) is 19.1 Å². The third kappa shape index (κ3) is 2.96. The molecule has 7 heteroatoms. The number of para-hydroxylation sites is 1. The van der Waals surface area contributed by atoms with E-state index in [0.29, 0.717) is 29.0 Å². The second-order valence-corrected chi connectivity index (χ2v) is 5.27. The van der Waals surface area contributed by atoms with Gasteiger partial charge in [0.05, 0.1) is 12.0 Å². The number of nitro benzene ring substituents is 1. The van der Waals surface area contributed by atoms with Gasteiger partial charge in [0.1, 0.15) is 0 Å². The predicted molar refractivity (Wildman–Crippen MR) is 91.3 cm³/mol. The number of fused-ring (bicyclic) bond motifs is 1. The molecule has 24 heavy (non-hydrogen) atoms. The van der Waals surface area contributed by atoms with Crippen LogP contribution >= 0.6 is 0 Å². The molecule has 0 bridgehead atoms. The van der Waals surface area contributed by atoms with E-state index in [9.17, 15) is 10.1 Å². The van der Waals surface area contributed by atoms with Crippen LogP contribution in [0, 0.1) is 17.0 Å². The number of aryl methyl sites for hydroxylation is 1. The number of hydrogen-bond acceptors (Lipinski definition) is 6. The molecule has 0 spiro atoms. The summed E-state index contributed by atoms with van der Waals surface area (Å²) >= 11 is 0. The van der Waals surface area contributed by atoms with Gasteiger partial charge in [-0.1, -0.05) is 18.2 Å². The zero-order chi connectivity index (χ0) is 17.1. The summed E-state index contributed by atoms with van der Waals surface area (Å²) in [4.78, 5) is 19.3. The molecule has 1 N–H and O–H groups in total. The Hall–Kier alpha value is -3.22. The molecule has 7 nitrogen and oxygen atoms in total. The van der Waals surface area contributed by atoms with Crippen LogP contribution in [0.1, 0.15) is 11.3 Å². The van der Waals surface area contributed by atoms with Gasteiger partial charge in [0.25, 0.3) is 5.69 Å². The van der Waals surface area contributed by atoms with Crippen molar-refractivity contribution < 1.29 is 9.66 Å². The maximum atomic E-state index is 11.2. The molecule has 1 aromatic carbocycles. The number of anilines is 1. The molecule has 0 fully saturated rings. The Morgan fingerprint density at radius 3 is 2.88 bits per heavy atom. The number of methoxy groups -OCH3 is 1. The highest BCUT2D eigenvalue weighted by Crippen LogP contribution is 2.30. The summed E-state index contributed by atoms with van der Waals surface area (Å²) in [6, 6.07) is 10.6. The zero-order valence-corrected chi connectivity index (χ0v) is 13.3. The zero-order valence-electron chi connectivity index (χ0n) is 13.3. The smallest absolute Gasteiger partial charge is 0.295 e. The summed E-state index contributed by atoms with van der Waals surface area (Å²) in [5.41, 5.74) is 2.76. The highest BCUT2D eigenvalue weighted by Gasteiger charge is 2.15. The second-order valence-electron chi connectivity index (χ2n) is 5.27. The third-order valence-corrected chi connectivity index (χ3v) is 3.66. The summed E-state index contributed by atoms with van der Waals surface area (Å²) in [5.74, 6) is 0.547. The molecular weight excluding hydrogens is 308 g/mol. The van der Waals surface area contributed by atoms with Gasteiger partial charge in [0, 0.05) is 41.1 Å². The van der Waals surface area contributed by atoms with E-state index >= 15 is 0 Å². The first kappa shape index (κ1) is 15.7. The molecule has 3 rings (SSSR count). The molecule has 0 aliphatic rings. The van der Waals surface area contributed by atoms with Crippen LogP contribution in [0.4, 0.5) is 11.4 Å². The monoisotopic (exact) mass is 324 g/mol. The fourth-order valence-electron chi connectivity index (χ4n) is 2.59. The Bertz CT molecular complexity index is 911. The molecule has 0 atom stereocenters. The van der Waals surface area contributed by atoms with E-state index in [0.717, 1.165) is 11.3 Å². The number of pyridine rings is 2. The van der Waals surface area contributed by atoms with E-state index < -0.39 is 4.92 Å². The van der Waals surface area contributed by atoms with Crippen LogP contribution in [0.2, 0.25) is 0 Å². The number of non-ortho nitro benzene ring substituents is 1. The Labute approximate surface area is 138 Å². The quantitative estimate of drug-likeness (QED) is 0.571. The van der Waals surface area contributed by atoms with Crippen molar-refractivity contribution in [3.8, 4) is 5.88 Å². The average Bonchev–Trinajstić information content (AvgIpc) is 2.59. The number of ether oxygens (including phenoxy) is 1. The third-order valence-electron chi connectivity index (χ3n) is 3.66. The first-order valence-electron chi connectivity index (χ1n) is 7.36. The maximum Gasteiger partial charge on any atom is 0.295 e. The normalized spacial score (nSPS) is 10.6. The average molecular weight is 324 g/mol. The van der Waals surface area contributed by atoms with Crippen molar-refractivity contribution in [1.82, 2.24) is 9.97 Å². The van der Waals surface area contributed by atoms with Crippen molar-refractivity contribution in [2.24, 2.45) is 0 Å². The fraction of sp³-hybridized carbons (Fsp3) is 0.176. The Balaban J connectivity index is 2.00. The molecule has 3 aromatic rings. The number of nitrogens with one attached hydrogen (secondary N) is 1. The summed E-state index contributed by atoms with van der Waals surface area (Å²) < 4.78 is 5.24. The number of aromatic nitrogens is 2. The second kappa shape index (κ2) is 6.49. The van der Waals surface area contributed by atoms with Crippen molar-refractivity contribution in [3.05, 3.63) is 64.0 Å².